The molecular formula is C7H10N2O5. The molecule has 0 saturated carbocycles. The van der Waals surface area contributed by atoms with E-state index in [9.17, 15) is 14.4 Å². The minimum atomic E-state index is -1.20. The Morgan fingerprint density at radius 1 is 1.21 bits per heavy atom. The summed E-state index contributed by atoms with van der Waals surface area (Å²) in [6.45, 7) is 0.0438. The van der Waals surface area contributed by atoms with Gasteiger partial charge >= 0.3 is 12.2 Å². The van der Waals surface area contributed by atoms with Gasteiger partial charge in [-0.3, -0.25) is 4.90 Å². The molecule has 7 nitrogen and oxygen atoms in total. The van der Waals surface area contributed by atoms with Crippen molar-refractivity contribution in [2.75, 3.05) is 19.6 Å². The third kappa shape index (κ3) is 1.93. The molecule has 2 amide bonds. The lowest BCUT2D eigenvalue weighted by atomic mass is 10.2. The van der Waals surface area contributed by atoms with Gasteiger partial charge in [0.05, 0.1) is 6.54 Å². The molecule has 0 aromatic rings. The van der Waals surface area contributed by atoms with Gasteiger partial charge < -0.3 is 19.9 Å². The summed E-state index contributed by atoms with van der Waals surface area (Å²) in [5, 5.41) is 17.3. The molecule has 1 heterocycles. The van der Waals surface area contributed by atoms with E-state index in [1.807, 2.05) is 0 Å². The molecule has 2 N–H and O–H groups in total. The number of aldehydes is 1. The molecule has 1 saturated heterocycles. The van der Waals surface area contributed by atoms with Gasteiger partial charge in [-0.15, -0.1) is 0 Å². The van der Waals surface area contributed by atoms with Crippen LogP contribution in [0, 0.1) is 0 Å². The Morgan fingerprint density at radius 3 is 2.29 bits per heavy atom. The second-order valence-electron chi connectivity index (χ2n) is 2.91. The fraction of sp³-hybridized carbons (Fsp3) is 0.571. The van der Waals surface area contributed by atoms with Gasteiger partial charge in [0.15, 0.2) is 0 Å². The van der Waals surface area contributed by atoms with Crippen LogP contribution in [-0.2, 0) is 4.79 Å². The Labute approximate surface area is 79.5 Å². The van der Waals surface area contributed by atoms with E-state index in [0.29, 0.717) is 6.29 Å². The summed E-state index contributed by atoms with van der Waals surface area (Å²) in [5.41, 5.74) is 0. The van der Waals surface area contributed by atoms with E-state index in [1.54, 1.807) is 0 Å². The van der Waals surface area contributed by atoms with E-state index in [1.165, 1.54) is 0 Å². The molecule has 1 aliphatic heterocycles. The maximum atomic E-state index is 10.6. The summed E-state index contributed by atoms with van der Waals surface area (Å²) in [5.74, 6) is 0. The minimum absolute atomic E-state index is 0.0328. The van der Waals surface area contributed by atoms with Crippen LogP contribution in [0.2, 0.25) is 0 Å². The number of carboxylic acid groups (broad SMARTS) is 2. The zero-order chi connectivity index (χ0) is 10.7. The summed E-state index contributed by atoms with van der Waals surface area (Å²) < 4.78 is 0. The van der Waals surface area contributed by atoms with E-state index < -0.39 is 18.2 Å². The number of carbonyl (C=O) groups is 3. The third-order valence-corrected chi connectivity index (χ3v) is 2.09. The highest BCUT2D eigenvalue weighted by Gasteiger charge is 2.31. The highest BCUT2D eigenvalue weighted by molar-refractivity contribution is 5.74. The average Bonchev–Trinajstić information content (AvgIpc) is 2.16. The minimum Gasteiger partial charge on any atom is -0.465 e. The Bertz CT molecular complexity index is 267. The lowest BCUT2D eigenvalue weighted by Crippen LogP contribution is -2.56. The van der Waals surface area contributed by atoms with Gasteiger partial charge in [-0.1, -0.05) is 0 Å². The van der Waals surface area contributed by atoms with Crippen molar-refractivity contribution in [2.24, 2.45) is 0 Å². The van der Waals surface area contributed by atoms with Crippen LogP contribution in [0.15, 0.2) is 0 Å². The van der Waals surface area contributed by atoms with E-state index in [4.69, 9.17) is 10.2 Å². The van der Waals surface area contributed by atoms with Crippen molar-refractivity contribution < 1.29 is 24.6 Å². The second kappa shape index (κ2) is 3.95. The molecule has 0 aromatic heterocycles. The van der Waals surface area contributed by atoms with Gasteiger partial charge in [0, 0.05) is 13.1 Å². The van der Waals surface area contributed by atoms with Crippen LogP contribution in [-0.4, -0.2) is 64.2 Å². The Morgan fingerprint density at radius 2 is 1.86 bits per heavy atom. The first kappa shape index (κ1) is 10.3. The number of amides is 2. The second-order valence-corrected chi connectivity index (χ2v) is 2.91. The van der Waals surface area contributed by atoms with Crippen molar-refractivity contribution in [3.05, 3.63) is 0 Å². The van der Waals surface area contributed by atoms with Crippen LogP contribution in [0.5, 0.6) is 0 Å². The summed E-state index contributed by atoms with van der Waals surface area (Å²) >= 11 is 0. The maximum Gasteiger partial charge on any atom is 0.408 e. The van der Waals surface area contributed by atoms with Gasteiger partial charge in [-0.05, 0) is 0 Å². The van der Waals surface area contributed by atoms with E-state index in [0.717, 1.165) is 9.80 Å². The van der Waals surface area contributed by atoms with Crippen molar-refractivity contribution >= 4 is 18.5 Å². The molecule has 1 aliphatic rings. The molecule has 0 radical (unpaired) electrons. The van der Waals surface area contributed by atoms with Crippen LogP contribution in [0.4, 0.5) is 9.59 Å². The Kier molecular flexibility index (Phi) is 2.90. The predicted molar refractivity (Wildman–Crippen MR) is 44.2 cm³/mol. The van der Waals surface area contributed by atoms with E-state index in [2.05, 4.69) is 0 Å². The van der Waals surface area contributed by atoms with Gasteiger partial charge in [0.2, 0.25) is 0 Å². The van der Waals surface area contributed by atoms with Gasteiger partial charge in [0.25, 0.3) is 0 Å². The first-order valence-electron chi connectivity index (χ1n) is 3.99. The van der Waals surface area contributed by atoms with Crippen molar-refractivity contribution in [1.82, 2.24) is 9.80 Å². The monoisotopic (exact) mass is 202 g/mol. The lowest BCUT2D eigenvalue weighted by molar-refractivity contribution is -0.113. The molecule has 14 heavy (non-hydrogen) atoms. The molecule has 0 spiro atoms. The first-order valence-corrected chi connectivity index (χ1v) is 3.99. The van der Waals surface area contributed by atoms with Crippen LogP contribution >= 0.6 is 0 Å². The summed E-state index contributed by atoms with van der Waals surface area (Å²) in [4.78, 5) is 33.6. The number of carbonyl (C=O) groups excluding carboxylic acids is 1. The normalized spacial score (nSPS) is 21.9. The van der Waals surface area contributed by atoms with Crippen LogP contribution in [0.3, 0.4) is 0 Å². The molecule has 1 atom stereocenters. The lowest BCUT2D eigenvalue weighted by Gasteiger charge is -2.35. The van der Waals surface area contributed by atoms with Crippen molar-refractivity contribution in [3.63, 3.8) is 0 Å². The number of piperazine rings is 1. The predicted octanol–water partition coefficient (Wildman–Crippen LogP) is -0.472. The SMILES string of the molecule is O=C[C@H]1CN(C(=O)O)CCN1C(=O)O. The van der Waals surface area contributed by atoms with Gasteiger partial charge in [-0.25, -0.2) is 9.59 Å². The summed E-state index contributed by atoms with van der Waals surface area (Å²) in [6, 6.07) is -0.891. The van der Waals surface area contributed by atoms with E-state index in [-0.39, 0.29) is 19.6 Å². The smallest absolute Gasteiger partial charge is 0.408 e. The van der Waals surface area contributed by atoms with Gasteiger partial charge in [-0.2, -0.15) is 0 Å². The maximum absolute atomic E-state index is 10.6. The zero-order valence-corrected chi connectivity index (χ0v) is 7.29. The number of hydrogen-bond donors (Lipinski definition) is 2. The quantitative estimate of drug-likeness (QED) is 0.560. The Balaban J connectivity index is 2.68. The van der Waals surface area contributed by atoms with Crippen molar-refractivity contribution in [2.45, 2.75) is 6.04 Å². The summed E-state index contributed by atoms with van der Waals surface area (Å²) in [6.07, 6.45) is -1.89. The highest BCUT2D eigenvalue weighted by Crippen LogP contribution is 2.08. The van der Waals surface area contributed by atoms with E-state index >= 15 is 0 Å². The molecular weight excluding hydrogens is 192 g/mol. The van der Waals surface area contributed by atoms with Crippen LogP contribution in [0.25, 0.3) is 0 Å². The Hall–Kier alpha value is -1.79. The zero-order valence-electron chi connectivity index (χ0n) is 7.29. The third-order valence-electron chi connectivity index (χ3n) is 2.09. The van der Waals surface area contributed by atoms with Crippen molar-refractivity contribution in [1.29, 1.82) is 0 Å². The molecule has 78 valence electrons. The number of nitrogens with zero attached hydrogens (tertiary/aromatic N) is 2. The highest BCUT2D eigenvalue weighted by atomic mass is 16.4. The molecule has 0 unspecified atom stereocenters. The number of rotatable bonds is 1. The molecule has 0 aromatic carbocycles. The average molecular weight is 202 g/mol. The van der Waals surface area contributed by atoms with Crippen molar-refractivity contribution in [3.8, 4) is 0 Å². The topological polar surface area (TPSA) is 98.2 Å². The fourth-order valence-electron chi connectivity index (χ4n) is 1.34. The summed E-state index contributed by atoms with van der Waals surface area (Å²) in [7, 11) is 0. The number of hydrogen-bond acceptors (Lipinski definition) is 3. The first-order chi connectivity index (χ1) is 6.56. The molecule has 1 rings (SSSR count). The van der Waals surface area contributed by atoms with Crippen LogP contribution in [0.1, 0.15) is 0 Å². The largest absolute Gasteiger partial charge is 0.465 e. The molecule has 7 heteroatoms. The molecule has 1 fully saturated rings. The van der Waals surface area contributed by atoms with Gasteiger partial charge in [0.1, 0.15) is 12.3 Å². The fourth-order valence-corrected chi connectivity index (χ4v) is 1.34. The molecule has 0 aliphatic carbocycles. The van der Waals surface area contributed by atoms with Crippen LogP contribution < -0.4 is 0 Å². The standard InChI is InChI=1S/C7H10N2O5/c10-4-5-3-8(6(11)12)1-2-9(5)7(13)14/h4-5H,1-3H2,(H,11,12)(H,13,14)/t5-/m1/s1. The molecule has 0 bridgehead atoms.